The van der Waals surface area contributed by atoms with Crippen molar-refractivity contribution in [3.63, 3.8) is 0 Å². The van der Waals surface area contributed by atoms with Gasteiger partial charge >= 0.3 is 6.03 Å². The van der Waals surface area contributed by atoms with Gasteiger partial charge in [0.1, 0.15) is 5.82 Å². The zero-order chi connectivity index (χ0) is 22.5. The van der Waals surface area contributed by atoms with Crippen LogP contribution >= 0.6 is 0 Å². The lowest BCUT2D eigenvalue weighted by Gasteiger charge is -2.41. The first-order valence-electron chi connectivity index (χ1n) is 10.5. The van der Waals surface area contributed by atoms with Crippen molar-refractivity contribution in [2.45, 2.75) is 13.3 Å². The van der Waals surface area contributed by atoms with Crippen LogP contribution in [0.5, 0.6) is 0 Å². The standard InChI is InChI=1S/C21H30FN5O4/c1-14-2-3-17(9-18(14)22)24-20(30)16-8-15(13-28)11-27(12-16)21(31)26-6-4-25(5-7-26)19(29)10-23/h2-3,9,15-16,28H,4-8,10-13,23H2,1H3,(H,24,30)/t15-,16+/m1/s1. The van der Waals surface area contributed by atoms with Gasteiger partial charge in [0.05, 0.1) is 12.5 Å². The molecular formula is C21H30FN5O4. The minimum absolute atomic E-state index is 0.0556. The van der Waals surface area contributed by atoms with E-state index in [4.69, 9.17) is 5.73 Å². The number of aliphatic hydroxyl groups is 1. The van der Waals surface area contributed by atoms with Crippen LogP contribution in [0.2, 0.25) is 0 Å². The van der Waals surface area contributed by atoms with Gasteiger partial charge in [-0.3, -0.25) is 9.59 Å². The molecular weight excluding hydrogens is 405 g/mol. The lowest BCUT2D eigenvalue weighted by atomic mass is 9.89. The third kappa shape index (κ3) is 5.50. The van der Waals surface area contributed by atoms with E-state index in [9.17, 15) is 23.9 Å². The number of hydrogen-bond acceptors (Lipinski definition) is 5. The molecule has 0 aliphatic carbocycles. The van der Waals surface area contributed by atoms with E-state index < -0.39 is 11.7 Å². The Balaban J connectivity index is 1.62. The molecule has 0 radical (unpaired) electrons. The minimum Gasteiger partial charge on any atom is -0.396 e. The average molecular weight is 436 g/mol. The van der Waals surface area contributed by atoms with E-state index in [1.54, 1.807) is 33.8 Å². The van der Waals surface area contributed by atoms with E-state index in [2.05, 4.69) is 5.32 Å². The molecule has 4 N–H and O–H groups in total. The number of carbonyl (C=O) groups is 3. The number of anilines is 1. The Labute approximate surface area is 181 Å². The first-order chi connectivity index (χ1) is 14.8. The summed E-state index contributed by atoms with van der Waals surface area (Å²) in [5.74, 6) is -1.59. The van der Waals surface area contributed by atoms with Crippen molar-refractivity contribution in [1.82, 2.24) is 14.7 Å². The van der Waals surface area contributed by atoms with Gasteiger partial charge in [0, 0.05) is 57.5 Å². The second-order valence-corrected chi connectivity index (χ2v) is 8.19. The Morgan fingerprint density at radius 3 is 2.42 bits per heavy atom. The summed E-state index contributed by atoms with van der Waals surface area (Å²) >= 11 is 0. The van der Waals surface area contributed by atoms with Crippen molar-refractivity contribution in [3.8, 4) is 0 Å². The summed E-state index contributed by atoms with van der Waals surface area (Å²) in [5.41, 5.74) is 6.24. The number of halogens is 1. The number of piperidine rings is 1. The number of nitrogens with zero attached hydrogens (tertiary/aromatic N) is 3. The first-order valence-corrected chi connectivity index (χ1v) is 10.5. The fourth-order valence-electron chi connectivity index (χ4n) is 4.07. The second kappa shape index (κ2) is 10.1. The number of aliphatic hydroxyl groups excluding tert-OH is 1. The molecule has 2 heterocycles. The van der Waals surface area contributed by atoms with Gasteiger partial charge in [0.2, 0.25) is 11.8 Å². The van der Waals surface area contributed by atoms with Crippen molar-refractivity contribution in [1.29, 1.82) is 0 Å². The van der Waals surface area contributed by atoms with E-state index >= 15 is 0 Å². The fraction of sp³-hybridized carbons (Fsp3) is 0.571. The Hall–Kier alpha value is -2.72. The van der Waals surface area contributed by atoms with Crippen LogP contribution in [-0.4, -0.2) is 90.1 Å². The van der Waals surface area contributed by atoms with Crippen molar-refractivity contribution in [2.24, 2.45) is 17.6 Å². The van der Waals surface area contributed by atoms with Crippen molar-refractivity contribution >= 4 is 23.5 Å². The highest BCUT2D eigenvalue weighted by atomic mass is 19.1. The topological polar surface area (TPSA) is 119 Å². The van der Waals surface area contributed by atoms with Gasteiger partial charge in [-0.05, 0) is 31.0 Å². The van der Waals surface area contributed by atoms with Gasteiger partial charge in [-0.15, -0.1) is 0 Å². The van der Waals surface area contributed by atoms with Crippen LogP contribution in [0.4, 0.5) is 14.9 Å². The maximum Gasteiger partial charge on any atom is 0.320 e. The molecule has 31 heavy (non-hydrogen) atoms. The van der Waals surface area contributed by atoms with Crippen molar-refractivity contribution in [3.05, 3.63) is 29.6 Å². The molecule has 0 bridgehead atoms. The van der Waals surface area contributed by atoms with Gasteiger partial charge < -0.3 is 30.9 Å². The molecule has 2 fully saturated rings. The highest BCUT2D eigenvalue weighted by molar-refractivity contribution is 5.93. The molecule has 170 valence electrons. The lowest BCUT2D eigenvalue weighted by Crippen LogP contribution is -2.57. The van der Waals surface area contributed by atoms with Crippen LogP contribution in [0, 0.1) is 24.6 Å². The lowest BCUT2D eigenvalue weighted by molar-refractivity contribution is -0.131. The van der Waals surface area contributed by atoms with E-state index in [1.165, 1.54) is 6.07 Å². The summed E-state index contributed by atoms with van der Waals surface area (Å²) in [6, 6.07) is 4.28. The Bertz CT molecular complexity index is 828. The third-order valence-electron chi connectivity index (χ3n) is 5.95. The number of rotatable bonds is 4. The monoisotopic (exact) mass is 435 g/mol. The summed E-state index contributed by atoms with van der Waals surface area (Å²) in [5, 5.41) is 12.4. The SMILES string of the molecule is Cc1ccc(NC(=O)[C@H]2C[C@@H](CO)CN(C(=O)N3CCN(C(=O)CN)CC3)C2)cc1F. The van der Waals surface area contributed by atoms with Crippen LogP contribution in [0.15, 0.2) is 18.2 Å². The van der Waals surface area contributed by atoms with Gasteiger partial charge in [0.15, 0.2) is 0 Å². The van der Waals surface area contributed by atoms with Gasteiger partial charge in [-0.2, -0.15) is 0 Å². The van der Waals surface area contributed by atoms with Crippen LogP contribution in [0.3, 0.4) is 0 Å². The number of aryl methyl sites for hydroxylation is 1. The summed E-state index contributed by atoms with van der Waals surface area (Å²) in [6.07, 6.45) is 0.444. The van der Waals surface area contributed by atoms with E-state index in [0.717, 1.165) is 0 Å². The first kappa shape index (κ1) is 23.0. The fourth-order valence-corrected chi connectivity index (χ4v) is 4.07. The van der Waals surface area contributed by atoms with Crippen molar-refractivity contribution in [2.75, 3.05) is 57.7 Å². The summed E-state index contributed by atoms with van der Waals surface area (Å²) < 4.78 is 13.8. The molecule has 2 aliphatic heterocycles. The van der Waals surface area contributed by atoms with E-state index in [1.807, 2.05) is 0 Å². The number of piperazine rings is 1. The maximum atomic E-state index is 13.8. The van der Waals surface area contributed by atoms with Gasteiger partial charge in [0.25, 0.3) is 0 Å². The molecule has 2 saturated heterocycles. The Morgan fingerprint density at radius 1 is 1.13 bits per heavy atom. The van der Waals surface area contributed by atoms with Crippen LogP contribution < -0.4 is 11.1 Å². The zero-order valence-electron chi connectivity index (χ0n) is 17.7. The Morgan fingerprint density at radius 2 is 1.81 bits per heavy atom. The molecule has 3 rings (SSSR count). The number of carbonyl (C=O) groups excluding carboxylic acids is 3. The number of likely N-dealkylation sites (tertiary alicyclic amines) is 1. The number of nitrogens with two attached hydrogens (primary N) is 1. The molecule has 0 aromatic heterocycles. The van der Waals surface area contributed by atoms with E-state index in [0.29, 0.717) is 50.4 Å². The molecule has 1 aromatic carbocycles. The highest BCUT2D eigenvalue weighted by Crippen LogP contribution is 2.25. The molecule has 9 nitrogen and oxygen atoms in total. The average Bonchev–Trinajstić information content (AvgIpc) is 2.80. The second-order valence-electron chi connectivity index (χ2n) is 8.19. The molecule has 1 aromatic rings. The van der Waals surface area contributed by atoms with Gasteiger partial charge in [-0.1, -0.05) is 6.07 Å². The number of benzene rings is 1. The quantitative estimate of drug-likeness (QED) is 0.625. The molecule has 10 heteroatoms. The predicted molar refractivity (Wildman–Crippen MR) is 113 cm³/mol. The molecule has 0 spiro atoms. The van der Waals surface area contributed by atoms with Gasteiger partial charge in [-0.25, -0.2) is 9.18 Å². The summed E-state index contributed by atoms with van der Waals surface area (Å²) in [7, 11) is 0. The normalized spacial score (nSPS) is 21.7. The van der Waals surface area contributed by atoms with Crippen LogP contribution in [-0.2, 0) is 9.59 Å². The molecule has 0 saturated carbocycles. The number of nitrogens with one attached hydrogen (secondary N) is 1. The summed E-state index contributed by atoms with van der Waals surface area (Å²) in [6.45, 7) is 3.66. The molecule has 4 amide bonds. The maximum absolute atomic E-state index is 13.8. The van der Waals surface area contributed by atoms with E-state index in [-0.39, 0.29) is 43.5 Å². The molecule has 2 aliphatic rings. The highest BCUT2D eigenvalue weighted by Gasteiger charge is 2.36. The largest absolute Gasteiger partial charge is 0.396 e. The summed E-state index contributed by atoms with van der Waals surface area (Å²) in [4.78, 5) is 42.4. The minimum atomic E-state index is -0.515. The zero-order valence-corrected chi connectivity index (χ0v) is 17.7. The van der Waals surface area contributed by atoms with Crippen molar-refractivity contribution < 1.29 is 23.9 Å². The molecule has 2 atom stereocenters. The number of hydrogen-bond donors (Lipinski definition) is 3. The smallest absolute Gasteiger partial charge is 0.320 e. The number of urea groups is 1. The van der Waals surface area contributed by atoms with Crippen LogP contribution in [0.1, 0.15) is 12.0 Å². The predicted octanol–water partition coefficient (Wildman–Crippen LogP) is 0.226. The number of amides is 4. The third-order valence-corrected chi connectivity index (χ3v) is 5.95. The Kier molecular flexibility index (Phi) is 7.45. The molecule has 0 unspecified atom stereocenters. The van der Waals surface area contributed by atoms with Crippen LogP contribution in [0.25, 0.3) is 0 Å².